The fourth-order valence-electron chi connectivity index (χ4n) is 1.49. The van der Waals surface area contributed by atoms with Crippen LogP contribution in [0.2, 0.25) is 0 Å². The molecule has 20 heavy (non-hydrogen) atoms. The van der Waals surface area contributed by atoms with Crippen LogP contribution in [0.25, 0.3) is 0 Å². The van der Waals surface area contributed by atoms with Crippen LogP contribution in [0.15, 0.2) is 24.3 Å². The van der Waals surface area contributed by atoms with Crippen LogP contribution in [0.1, 0.15) is 45.0 Å². The number of primary amides is 1. The summed E-state index contributed by atoms with van der Waals surface area (Å²) >= 11 is 0. The lowest BCUT2D eigenvalue weighted by atomic mass is 10.0. The summed E-state index contributed by atoms with van der Waals surface area (Å²) in [6.07, 6.45) is 0. The van der Waals surface area contributed by atoms with E-state index in [0.29, 0.717) is 11.3 Å². The topological polar surface area (TPSA) is 81.4 Å². The average molecular weight is 278 g/mol. The molecule has 1 aromatic carbocycles. The van der Waals surface area contributed by atoms with Crippen molar-refractivity contribution in [1.82, 2.24) is 5.32 Å². The Hall–Kier alpha value is -2.04. The zero-order valence-electron chi connectivity index (χ0n) is 12.6. The first-order chi connectivity index (χ1) is 9.03. The number of hydrogen-bond acceptors (Lipinski definition) is 3. The number of carbonyl (C=O) groups is 2. The SMILES string of the molecule is CC(C)(C)Oc1ccccc1C(=O)NC(C)(C)C(N)=O. The van der Waals surface area contributed by atoms with Gasteiger partial charge in [-0.05, 0) is 46.8 Å². The van der Waals surface area contributed by atoms with Gasteiger partial charge in [-0.2, -0.15) is 0 Å². The van der Waals surface area contributed by atoms with Gasteiger partial charge < -0.3 is 15.8 Å². The third-order valence-corrected chi connectivity index (χ3v) is 2.59. The molecule has 0 aliphatic carbocycles. The fraction of sp³-hybridized carbons (Fsp3) is 0.467. The van der Waals surface area contributed by atoms with Gasteiger partial charge in [0.25, 0.3) is 5.91 Å². The van der Waals surface area contributed by atoms with Crippen molar-refractivity contribution >= 4 is 11.8 Å². The Morgan fingerprint density at radius 3 is 2.15 bits per heavy atom. The Morgan fingerprint density at radius 2 is 1.65 bits per heavy atom. The summed E-state index contributed by atoms with van der Waals surface area (Å²) in [5.74, 6) is -0.522. The highest BCUT2D eigenvalue weighted by Gasteiger charge is 2.28. The van der Waals surface area contributed by atoms with Crippen LogP contribution in [0.5, 0.6) is 5.75 Å². The van der Waals surface area contributed by atoms with Crippen molar-refractivity contribution in [3.8, 4) is 5.75 Å². The number of hydrogen-bond donors (Lipinski definition) is 2. The minimum atomic E-state index is -1.12. The second kappa shape index (κ2) is 5.53. The summed E-state index contributed by atoms with van der Waals surface area (Å²) in [7, 11) is 0. The molecule has 0 spiro atoms. The van der Waals surface area contributed by atoms with Gasteiger partial charge in [-0.1, -0.05) is 12.1 Å². The molecule has 0 bridgehead atoms. The Bertz CT molecular complexity index is 516. The number of carbonyl (C=O) groups excluding carboxylic acids is 2. The maximum atomic E-state index is 12.3. The largest absolute Gasteiger partial charge is 0.487 e. The molecule has 0 saturated carbocycles. The normalized spacial score (nSPS) is 11.8. The Morgan fingerprint density at radius 1 is 1.10 bits per heavy atom. The molecule has 0 aliphatic rings. The maximum Gasteiger partial charge on any atom is 0.255 e. The molecule has 0 radical (unpaired) electrons. The van der Waals surface area contributed by atoms with Crippen LogP contribution in [-0.4, -0.2) is 23.0 Å². The van der Waals surface area contributed by atoms with E-state index < -0.39 is 23.0 Å². The number of benzene rings is 1. The van der Waals surface area contributed by atoms with Crippen molar-refractivity contribution in [1.29, 1.82) is 0 Å². The van der Waals surface area contributed by atoms with Gasteiger partial charge in [-0.15, -0.1) is 0 Å². The lowest BCUT2D eigenvalue weighted by Crippen LogP contribution is -2.53. The first-order valence-electron chi connectivity index (χ1n) is 6.43. The standard InChI is InChI=1S/C15H22N2O3/c1-14(2,3)20-11-9-7-6-8-10(11)12(18)17-15(4,5)13(16)19/h6-9H,1-5H3,(H2,16,19)(H,17,18). The zero-order valence-corrected chi connectivity index (χ0v) is 12.6. The maximum absolute atomic E-state index is 12.3. The number of nitrogens with two attached hydrogens (primary N) is 1. The molecule has 1 aromatic rings. The van der Waals surface area contributed by atoms with Gasteiger partial charge in [0.1, 0.15) is 16.9 Å². The van der Waals surface area contributed by atoms with Crippen molar-refractivity contribution in [3.63, 3.8) is 0 Å². The van der Waals surface area contributed by atoms with Crippen molar-refractivity contribution in [2.75, 3.05) is 0 Å². The first-order valence-corrected chi connectivity index (χ1v) is 6.43. The van der Waals surface area contributed by atoms with E-state index in [1.807, 2.05) is 20.8 Å². The molecule has 2 amide bonds. The third-order valence-electron chi connectivity index (χ3n) is 2.59. The van der Waals surface area contributed by atoms with Gasteiger partial charge in [-0.3, -0.25) is 9.59 Å². The third kappa shape index (κ3) is 4.26. The van der Waals surface area contributed by atoms with Crippen LogP contribution < -0.4 is 15.8 Å². The van der Waals surface area contributed by atoms with E-state index >= 15 is 0 Å². The Kier molecular flexibility index (Phi) is 4.43. The minimum absolute atomic E-state index is 0.372. The van der Waals surface area contributed by atoms with Gasteiger partial charge >= 0.3 is 0 Å². The minimum Gasteiger partial charge on any atom is -0.487 e. The predicted octanol–water partition coefficient (Wildman–Crippen LogP) is 1.86. The molecule has 0 fully saturated rings. The summed E-state index contributed by atoms with van der Waals surface area (Å²) in [4.78, 5) is 23.6. The molecule has 0 aliphatic heterocycles. The lowest BCUT2D eigenvalue weighted by Gasteiger charge is -2.25. The molecule has 0 saturated heterocycles. The summed E-state index contributed by atoms with van der Waals surface area (Å²) in [5.41, 5.74) is 4.08. The van der Waals surface area contributed by atoms with E-state index in [1.165, 1.54) is 0 Å². The number of rotatable bonds is 4. The van der Waals surface area contributed by atoms with E-state index in [0.717, 1.165) is 0 Å². The number of amides is 2. The number of nitrogens with one attached hydrogen (secondary N) is 1. The molecule has 0 atom stereocenters. The summed E-state index contributed by atoms with van der Waals surface area (Å²) in [5, 5.41) is 2.60. The molecule has 110 valence electrons. The van der Waals surface area contributed by atoms with Gasteiger partial charge in [0.05, 0.1) is 5.56 Å². The average Bonchev–Trinajstić information content (AvgIpc) is 2.26. The van der Waals surface area contributed by atoms with Crippen molar-refractivity contribution < 1.29 is 14.3 Å². The predicted molar refractivity (Wildman–Crippen MR) is 77.6 cm³/mol. The van der Waals surface area contributed by atoms with E-state index in [4.69, 9.17) is 10.5 Å². The zero-order chi connectivity index (χ0) is 15.6. The molecular formula is C15H22N2O3. The fourth-order valence-corrected chi connectivity index (χ4v) is 1.49. The van der Waals surface area contributed by atoms with Gasteiger partial charge in [0.15, 0.2) is 0 Å². The quantitative estimate of drug-likeness (QED) is 0.882. The highest BCUT2D eigenvalue weighted by molar-refractivity contribution is 6.00. The van der Waals surface area contributed by atoms with Crippen LogP contribution in [0, 0.1) is 0 Å². The van der Waals surface area contributed by atoms with E-state index in [1.54, 1.807) is 38.1 Å². The van der Waals surface area contributed by atoms with Crippen LogP contribution >= 0.6 is 0 Å². The lowest BCUT2D eigenvalue weighted by molar-refractivity contribution is -0.122. The second-order valence-electron chi connectivity index (χ2n) is 6.15. The van der Waals surface area contributed by atoms with E-state index in [2.05, 4.69) is 5.32 Å². The smallest absolute Gasteiger partial charge is 0.255 e. The summed E-state index contributed by atoms with van der Waals surface area (Å²) in [6.45, 7) is 8.81. The van der Waals surface area contributed by atoms with E-state index in [9.17, 15) is 9.59 Å². The van der Waals surface area contributed by atoms with Gasteiger partial charge in [0.2, 0.25) is 5.91 Å². The van der Waals surface area contributed by atoms with Crippen molar-refractivity contribution in [2.45, 2.75) is 45.8 Å². The number of para-hydroxylation sites is 1. The van der Waals surface area contributed by atoms with Gasteiger partial charge in [0, 0.05) is 0 Å². The van der Waals surface area contributed by atoms with Crippen molar-refractivity contribution in [2.24, 2.45) is 5.73 Å². The Balaban J connectivity index is 3.02. The first kappa shape index (κ1) is 16.0. The van der Waals surface area contributed by atoms with E-state index in [-0.39, 0.29) is 0 Å². The van der Waals surface area contributed by atoms with Crippen LogP contribution in [0.3, 0.4) is 0 Å². The molecular weight excluding hydrogens is 256 g/mol. The molecule has 5 heteroatoms. The monoisotopic (exact) mass is 278 g/mol. The van der Waals surface area contributed by atoms with Crippen LogP contribution in [-0.2, 0) is 4.79 Å². The Labute approximate surface area is 119 Å². The summed E-state index contributed by atoms with van der Waals surface area (Å²) in [6, 6.07) is 6.89. The number of ether oxygens (including phenoxy) is 1. The molecule has 0 unspecified atom stereocenters. The molecule has 3 N–H and O–H groups in total. The van der Waals surface area contributed by atoms with Gasteiger partial charge in [-0.25, -0.2) is 0 Å². The molecule has 1 rings (SSSR count). The van der Waals surface area contributed by atoms with Crippen molar-refractivity contribution in [3.05, 3.63) is 29.8 Å². The summed E-state index contributed by atoms with van der Waals surface area (Å²) < 4.78 is 5.75. The molecule has 0 aromatic heterocycles. The highest BCUT2D eigenvalue weighted by Crippen LogP contribution is 2.23. The van der Waals surface area contributed by atoms with Crippen LogP contribution in [0.4, 0.5) is 0 Å². The second-order valence-corrected chi connectivity index (χ2v) is 6.15. The molecule has 5 nitrogen and oxygen atoms in total. The highest BCUT2D eigenvalue weighted by atomic mass is 16.5. The molecule has 0 heterocycles.